The number of carbonyl (C=O) groups is 1. The topological polar surface area (TPSA) is 60.8 Å². The lowest BCUT2D eigenvalue weighted by atomic mass is 10.0. The van der Waals surface area contributed by atoms with Crippen LogP contribution in [0.15, 0.2) is 17.5 Å². The summed E-state index contributed by atoms with van der Waals surface area (Å²) in [6, 6.07) is 3.32. The Labute approximate surface area is 111 Å². The van der Waals surface area contributed by atoms with Crippen molar-refractivity contribution in [3.63, 3.8) is 0 Å². The largest absolute Gasteiger partial charge is 0.390 e. The molecule has 1 amide bonds. The maximum Gasteiger partial charge on any atom is 0.263 e. The van der Waals surface area contributed by atoms with E-state index in [4.69, 9.17) is 0 Å². The lowest BCUT2D eigenvalue weighted by Gasteiger charge is -2.32. The molecule has 1 aromatic rings. The Hall–Kier alpha value is -0.910. The Bertz CT molecular complexity index is 393. The van der Waals surface area contributed by atoms with Crippen LogP contribution in [0.5, 0.6) is 0 Å². The van der Waals surface area contributed by atoms with E-state index >= 15 is 0 Å². The summed E-state index contributed by atoms with van der Waals surface area (Å²) in [7, 11) is 1.70. The van der Waals surface area contributed by atoms with Gasteiger partial charge in [-0.05, 0) is 24.3 Å². The van der Waals surface area contributed by atoms with Gasteiger partial charge in [0.1, 0.15) is 6.10 Å². The molecule has 0 aromatic carbocycles. The molecule has 0 unspecified atom stereocenters. The maximum absolute atomic E-state index is 12.2. The van der Waals surface area contributed by atoms with Crippen molar-refractivity contribution in [1.82, 2.24) is 4.90 Å². The van der Waals surface area contributed by atoms with Crippen molar-refractivity contribution in [2.24, 2.45) is 0 Å². The SMILES string of the molecule is CN(C(=O)c1cccs1)[C@@H]1CCCC[C@@H](O)[C@@H]1O. The standard InChI is InChI=1S/C13H19NO3S/c1-14(13(17)11-7-4-8-18-11)9-5-2-3-6-10(15)12(9)16/h4,7-10,12,15-16H,2-3,5-6H2,1H3/t9-,10-,12-/m1/s1. The zero-order valence-corrected chi connectivity index (χ0v) is 11.3. The minimum absolute atomic E-state index is 0.0804. The van der Waals surface area contributed by atoms with Gasteiger partial charge < -0.3 is 15.1 Å². The van der Waals surface area contributed by atoms with Crippen molar-refractivity contribution in [2.75, 3.05) is 7.05 Å². The second kappa shape index (κ2) is 5.82. The van der Waals surface area contributed by atoms with E-state index in [0.29, 0.717) is 11.3 Å². The Balaban J connectivity index is 2.11. The van der Waals surface area contributed by atoms with Gasteiger partial charge in [0.05, 0.1) is 17.0 Å². The highest BCUT2D eigenvalue weighted by atomic mass is 32.1. The molecule has 0 bridgehead atoms. The van der Waals surface area contributed by atoms with Crippen molar-refractivity contribution >= 4 is 17.2 Å². The predicted molar refractivity (Wildman–Crippen MR) is 70.7 cm³/mol. The van der Waals surface area contributed by atoms with Gasteiger partial charge in [0.25, 0.3) is 5.91 Å². The van der Waals surface area contributed by atoms with Crippen molar-refractivity contribution in [1.29, 1.82) is 0 Å². The summed E-state index contributed by atoms with van der Waals surface area (Å²) >= 11 is 1.40. The van der Waals surface area contributed by atoms with Crippen LogP contribution in [-0.2, 0) is 0 Å². The lowest BCUT2D eigenvalue weighted by Crippen LogP contribution is -2.48. The fourth-order valence-electron chi connectivity index (χ4n) is 2.45. The molecule has 18 heavy (non-hydrogen) atoms. The second-order valence-corrected chi connectivity index (χ2v) is 5.75. The zero-order valence-electron chi connectivity index (χ0n) is 10.5. The van der Waals surface area contributed by atoms with E-state index in [1.165, 1.54) is 11.3 Å². The van der Waals surface area contributed by atoms with Crippen LogP contribution in [-0.4, -0.2) is 46.3 Å². The number of aliphatic hydroxyl groups is 2. The number of aliphatic hydroxyl groups excluding tert-OH is 2. The smallest absolute Gasteiger partial charge is 0.263 e. The normalized spacial score (nSPS) is 28.7. The molecule has 0 aliphatic heterocycles. The maximum atomic E-state index is 12.2. The molecule has 0 radical (unpaired) electrons. The third-order valence-corrected chi connectivity index (χ3v) is 4.45. The van der Waals surface area contributed by atoms with Gasteiger partial charge >= 0.3 is 0 Å². The third kappa shape index (κ3) is 2.74. The predicted octanol–water partition coefficient (Wildman–Crippen LogP) is 1.48. The quantitative estimate of drug-likeness (QED) is 0.800. The summed E-state index contributed by atoms with van der Waals surface area (Å²) in [6.07, 6.45) is 1.61. The summed E-state index contributed by atoms with van der Waals surface area (Å²) in [5.41, 5.74) is 0. The molecule has 0 spiro atoms. The average molecular weight is 269 g/mol. The average Bonchev–Trinajstić information content (AvgIpc) is 2.84. The number of hydrogen-bond acceptors (Lipinski definition) is 4. The van der Waals surface area contributed by atoms with Crippen molar-refractivity contribution in [3.8, 4) is 0 Å². The van der Waals surface area contributed by atoms with E-state index in [9.17, 15) is 15.0 Å². The summed E-state index contributed by atoms with van der Waals surface area (Å²) < 4.78 is 0. The second-order valence-electron chi connectivity index (χ2n) is 4.80. The molecule has 2 rings (SSSR count). The van der Waals surface area contributed by atoms with E-state index in [1.807, 2.05) is 11.4 Å². The van der Waals surface area contributed by atoms with Crippen LogP contribution in [0, 0.1) is 0 Å². The van der Waals surface area contributed by atoms with Gasteiger partial charge in [-0.3, -0.25) is 4.79 Å². The summed E-state index contributed by atoms with van der Waals surface area (Å²) in [4.78, 5) is 14.5. The van der Waals surface area contributed by atoms with Crippen molar-refractivity contribution in [2.45, 2.75) is 43.9 Å². The lowest BCUT2D eigenvalue weighted by molar-refractivity contribution is -0.0254. The van der Waals surface area contributed by atoms with Gasteiger partial charge in [-0.15, -0.1) is 11.3 Å². The van der Waals surface area contributed by atoms with Gasteiger partial charge in [-0.25, -0.2) is 0 Å². The molecule has 5 heteroatoms. The number of thiophene rings is 1. The van der Waals surface area contributed by atoms with Crippen LogP contribution in [0.2, 0.25) is 0 Å². The van der Waals surface area contributed by atoms with Gasteiger partial charge in [0.15, 0.2) is 0 Å². The molecule has 1 aliphatic rings. The molecule has 100 valence electrons. The minimum Gasteiger partial charge on any atom is -0.390 e. The first-order valence-corrected chi connectivity index (χ1v) is 7.16. The first-order valence-electron chi connectivity index (χ1n) is 6.28. The fraction of sp³-hybridized carbons (Fsp3) is 0.615. The summed E-state index contributed by atoms with van der Waals surface area (Å²) in [5.74, 6) is -0.0804. The van der Waals surface area contributed by atoms with E-state index in [2.05, 4.69) is 0 Å². The molecule has 1 heterocycles. The highest BCUT2D eigenvalue weighted by Gasteiger charge is 2.33. The molecule has 1 aromatic heterocycles. The van der Waals surface area contributed by atoms with Gasteiger partial charge in [-0.2, -0.15) is 0 Å². The van der Waals surface area contributed by atoms with Gasteiger partial charge in [-0.1, -0.05) is 18.9 Å². The van der Waals surface area contributed by atoms with E-state index in [1.54, 1.807) is 18.0 Å². The van der Waals surface area contributed by atoms with Crippen LogP contribution in [0.25, 0.3) is 0 Å². The third-order valence-electron chi connectivity index (χ3n) is 3.59. The number of carbonyl (C=O) groups excluding carboxylic acids is 1. The van der Waals surface area contributed by atoms with Crippen LogP contribution in [0.1, 0.15) is 35.4 Å². The molecular formula is C13H19NO3S. The number of amides is 1. The molecule has 2 N–H and O–H groups in total. The van der Waals surface area contributed by atoms with Gasteiger partial charge in [0, 0.05) is 7.05 Å². The number of likely N-dealkylation sites (N-methyl/N-ethyl adjacent to an activating group) is 1. The van der Waals surface area contributed by atoms with Crippen LogP contribution in [0.4, 0.5) is 0 Å². The number of rotatable bonds is 2. The molecule has 3 atom stereocenters. The van der Waals surface area contributed by atoms with E-state index in [-0.39, 0.29) is 11.9 Å². The Morgan fingerprint density at radius 3 is 2.78 bits per heavy atom. The molecular weight excluding hydrogens is 250 g/mol. The Morgan fingerprint density at radius 1 is 1.39 bits per heavy atom. The minimum atomic E-state index is -0.846. The molecule has 4 nitrogen and oxygen atoms in total. The molecule has 1 fully saturated rings. The molecule has 0 saturated heterocycles. The zero-order chi connectivity index (χ0) is 13.1. The summed E-state index contributed by atoms with van der Waals surface area (Å²) in [5, 5.41) is 21.8. The number of nitrogens with zero attached hydrogens (tertiary/aromatic N) is 1. The van der Waals surface area contributed by atoms with Crippen LogP contribution >= 0.6 is 11.3 Å². The molecule has 1 saturated carbocycles. The highest BCUT2D eigenvalue weighted by Crippen LogP contribution is 2.24. The van der Waals surface area contributed by atoms with Crippen molar-refractivity contribution in [3.05, 3.63) is 22.4 Å². The van der Waals surface area contributed by atoms with E-state index in [0.717, 1.165) is 19.3 Å². The fourth-order valence-corrected chi connectivity index (χ4v) is 3.16. The van der Waals surface area contributed by atoms with Crippen molar-refractivity contribution < 1.29 is 15.0 Å². The van der Waals surface area contributed by atoms with Gasteiger partial charge in [0.2, 0.25) is 0 Å². The Morgan fingerprint density at radius 2 is 2.11 bits per heavy atom. The van der Waals surface area contributed by atoms with Crippen LogP contribution in [0.3, 0.4) is 0 Å². The van der Waals surface area contributed by atoms with E-state index < -0.39 is 12.2 Å². The van der Waals surface area contributed by atoms with Crippen LogP contribution < -0.4 is 0 Å². The highest BCUT2D eigenvalue weighted by molar-refractivity contribution is 7.12. The monoisotopic (exact) mass is 269 g/mol. The summed E-state index contributed by atoms with van der Waals surface area (Å²) in [6.45, 7) is 0. The Kier molecular flexibility index (Phi) is 4.37. The number of hydrogen-bond donors (Lipinski definition) is 2. The first-order chi connectivity index (χ1) is 8.61. The first kappa shape index (κ1) is 13.5. The molecule has 1 aliphatic carbocycles.